The zero-order valence-electron chi connectivity index (χ0n) is 12.7. The highest BCUT2D eigenvalue weighted by Crippen LogP contribution is 2.17. The first-order valence-electron chi connectivity index (χ1n) is 7.02. The summed E-state index contributed by atoms with van der Waals surface area (Å²) in [6.07, 6.45) is 0.708. The number of nitrogens with zero attached hydrogens (tertiary/aromatic N) is 1. The smallest absolute Gasteiger partial charge is 0.415 e. The lowest BCUT2D eigenvalue weighted by molar-refractivity contribution is -0.137. The van der Waals surface area contributed by atoms with Gasteiger partial charge in [-0.3, -0.25) is 0 Å². The first kappa shape index (κ1) is 16.8. The van der Waals surface area contributed by atoms with E-state index in [0.717, 1.165) is 0 Å². The van der Waals surface area contributed by atoms with Crippen LogP contribution < -0.4 is 0 Å². The maximum atomic E-state index is 12.0. The Morgan fingerprint density at radius 2 is 1.71 bits per heavy atom. The molecule has 1 aromatic carbocycles. The molecule has 0 heterocycles. The standard InChI is InChI=1S/C16H21NO4/c1-4-17(5-2)16(19)21-14(12-15(18)20-6-3)13-10-8-7-9-11-13/h7-12H,4-6H2,1-3H3/b14-12-. The Balaban J connectivity index is 2.98. The monoisotopic (exact) mass is 291 g/mol. The van der Waals surface area contributed by atoms with E-state index in [1.54, 1.807) is 31.2 Å². The summed E-state index contributed by atoms with van der Waals surface area (Å²) in [6.45, 7) is 6.79. The van der Waals surface area contributed by atoms with Gasteiger partial charge in [0.15, 0.2) is 0 Å². The van der Waals surface area contributed by atoms with Crippen molar-refractivity contribution in [2.75, 3.05) is 19.7 Å². The number of rotatable bonds is 6. The van der Waals surface area contributed by atoms with Crippen molar-refractivity contribution in [1.29, 1.82) is 0 Å². The molecule has 5 heteroatoms. The number of carbonyl (C=O) groups excluding carboxylic acids is 2. The van der Waals surface area contributed by atoms with E-state index in [4.69, 9.17) is 9.47 Å². The van der Waals surface area contributed by atoms with Crippen LogP contribution in [0.15, 0.2) is 36.4 Å². The molecule has 1 rings (SSSR count). The first-order valence-corrected chi connectivity index (χ1v) is 7.02. The van der Waals surface area contributed by atoms with E-state index in [1.807, 2.05) is 19.9 Å². The molecule has 0 atom stereocenters. The van der Waals surface area contributed by atoms with Crippen LogP contribution in [0, 0.1) is 0 Å². The van der Waals surface area contributed by atoms with Crippen LogP contribution in [0.25, 0.3) is 5.76 Å². The fraction of sp³-hybridized carbons (Fsp3) is 0.375. The van der Waals surface area contributed by atoms with Crippen molar-refractivity contribution in [3.05, 3.63) is 42.0 Å². The average molecular weight is 291 g/mol. The second-order valence-electron chi connectivity index (χ2n) is 4.17. The molecule has 5 nitrogen and oxygen atoms in total. The number of esters is 1. The van der Waals surface area contributed by atoms with E-state index < -0.39 is 12.1 Å². The molecule has 1 amide bonds. The van der Waals surface area contributed by atoms with Crippen LogP contribution in [0.1, 0.15) is 26.3 Å². The predicted octanol–water partition coefficient (Wildman–Crippen LogP) is 3.07. The number of carbonyl (C=O) groups is 2. The quantitative estimate of drug-likeness (QED) is 0.459. The molecule has 1 aromatic rings. The van der Waals surface area contributed by atoms with Crippen molar-refractivity contribution < 1.29 is 19.1 Å². The Bertz CT molecular complexity index is 492. The normalized spacial score (nSPS) is 10.9. The Morgan fingerprint density at radius 1 is 1.10 bits per heavy atom. The lowest BCUT2D eigenvalue weighted by atomic mass is 10.2. The number of amides is 1. The molecular weight excluding hydrogens is 270 g/mol. The first-order chi connectivity index (χ1) is 10.1. The van der Waals surface area contributed by atoms with Gasteiger partial charge < -0.3 is 14.4 Å². The summed E-state index contributed by atoms with van der Waals surface area (Å²) < 4.78 is 10.2. The molecule has 0 unspecified atom stereocenters. The Hall–Kier alpha value is -2.30. The highest BCUT2D eigenvalue weighted by atomic mass is 16.6. The molecule has 0 fully saturated rings. The second-order valence-corrected chi connectivity index (χ2v) is 4.17. The molecule has 0 N–H and O–H groups in total. The molecule has 0 bridgehead atoms. The van der Waals surface area contributed by atoms with Gasteiger partial charge in [0.25, 0.3) is 0 Å². The minimum Gasteiger partial charge on any atom is -0.463 e. The van der Waals surface area contributed by atoms with E-state index in [1.165, 1.54) is 11.0 Å². The maximum Gasteiger partial charge on any atom is 0.415 e. The number of benzene rings is 1. The topological polar surface area (TPSA) is 55.8 Å². The third-order valence-corrected chi connectivity index (χ3v) is 2.81. The van der Waals surface area contributed by atoms with Gasteiger partial charge in [-0.05, 0) is 20.8 Å². The molecule has 0 spiro atoms. The SMILES string of the molecule is CCOC(=O)/C=C(\OC(=O)N(CC)CC)c1ccccc1. The van der Waals surface area contributed by atoms with E-state index in [2.05, 4.69) is 0 Å². The van der Waals surface area contributed by atoms with E-state index >= 15 is 0 Å². The third kappa shape index (κ3) is 5.30. The van der Waals surface area contributed by atoms with Gasteiger partial charge in [0.05, 0.1) is 12.7 Å². The highest BCUT2D eigenvalue weighted by molar-refractivity contribution is 5.91. The van der Waals surface area contributed by atoms with Crippen LogP contribution in [0.2, 0.25) is 0 Å². The lowest BCUT2D eigenvalue weighted by Crippen LogP contribution is -2.30. The minimum atomic E-state index is -0.538. The molecule has 0 saturated carbocycles. The molecule has 0 aromatic heterocycles. The van der Waals surface area contributed by atoms with Crippen LogP contribution in [-0.2, 0) is 14.3 Å². The number of hydrogen-bond donors (Lipinski definition) is 0. The van der Waals surface area contributed by atoms with Gasteiger partial charge in [0.2, 0.25) is 0 Å². The predicted molar refractivity (Wildman–Crippen MR) is 80.5 cm³/mol. The van der Waals surface area contributed by atoms with Crippen molar-refractivity contribution in [3.8, 4) is 0 Å². The lowest BCUT2D eigenvalue weighted by Gasteiger charge is -2.19. The number of ether oxygens (including phenoxy) is 2. The van der Waals surface area contributed by atoms with Gasteiger partial charge >= 0.3 is 12.1 Å². The van der Waals surface area contributed by atoms with E-state index in [0.29, 0.717) is 18.7 Å². The fourth-order valence-electron chi connectivity index (χ4n) is 1.71. The van der Waals surface area contributed by atoms with E-state index in [9.17, 15) is 9.59 Å². The van der Waals surface area contributed by atoms with Crippen molar-refractivity contribution in [2.24, 2.45) is 0 Å². The molecule has 21 heavy (non-hydrogen) atoms. The molecule has 0 saturated heterocycles. The molecule has 0 aliphatic carbocycles. The van der Waals surface area contributed by atoms with Crippen molar-refractivity contribution >= 4 is 17.8 Å². The van der Waals surface area contributed by atoms with Gasteiger partial charge in [-0.15, -0.1) is 0 Å². The summed E-state index contributed by atoms with van der Waals surface area (Å²) >= 11 is 0. The minimum absolute atomic E-state index is 0.186. The summed E-state index contributed by atoms with van der Waals surface area (Å²) in [5.74, 6) is -0.352. The zero-order valence-corrected chi connectivity index (χ0v) is 12.7. The molecule has 0 aliphatic rings. The molecule has 0 aliphatic heterocycles. The van der Waals surface area contributed by atoms with Crippen LogP contribution in [0.4, 0.5) is 4.79 Å². The van der Waals surface area contributed by atoms with Crippen LogP contribution >= 0.6 is 0 Å². The third-order valence-electron chi connectivity index (χ3n) is 2.81. The Labute approximate surface area is 125 Å². The summed E-state index contributed by atoms with van der Waals surface area (Å²) in [4.78, 5) is 25.2. The maximum absolute atomic E-state index is 12.0. The largest absolute Gasteiger partial charge is 0.463 e. The van der Waals surface area contributed by atoms with Crippen molar-refractivity contribution in [1.82, 2.24) is 4.90 Å². The van der Waals surface area contributed by atoms with Crippen LogP contribution in [-0.4, -0.2) is 36.7 Å². The zero-order chi connectivity index (χ0) is 15.7. The van der Waals surface area contributed by atoms with Gasteiger partial charge in [0, 0.05) is 18.7 Å². The van der Waals surface area contributed by atoms with Crippen LogP contribution in [0.3, 0.4) is 0 Å². The van der Waals surface area contributed by atoms with Gasteiger partial charge in [-0.1, -0.05) is 30.3 Å². The fourth-order valence-corrected chi connectivity index (χ4v) is 1.71. The molecular formula is C16H21NO4. The van der Waals surface area contributed by atoms with Gasteiger partial charge in [0.1, 0.15) is 5.76 Å². The van der Waals surface area contributed by atoms with Gasteiger partial charge in [-0.25, -0.2) is 9.59 Å². The summed E-state index contributed by atoms with van der Waals surface area (Å²) in [5.41, 5.74) is 0.644. The van der Waals surface area contributed by atoms with Gasteiger partial charge in [-0.2, -0.15) is 0 Å². The summed E-state index contributed by atoms with van der Waals surface area (Å²) in [6, 6.07) is 8.98. The van der Waals surface area contributed by atoms with Crippen molar-refractivity contribution in [3.63, 3.8) is 0 Å². The number of hydrogen-bond acceptors (Lipinski definition) is 4. The van der Waals surface area contributed by atoms with Crippen molar-refractivity contribution in [2.45, 2.75) is 20.8 Å². The summed E-state index contributed by atoms with van der Waals surface area (Å²) in [5, 5.41) is 0. The summed E-state index contributed by atoms with van der Waals surface area (Å²) in [7, 11) is 0. The Kier molecular flexibility index (Phi) is 7.01. The van der Waals surface area contributed by atoms with Crippen LogP contribution in [0.5, 0.6) is 0 Å². The molecule has 0 radical (unpaired) electrons. The average Bonchev–Trinajstić information content (AvgIpc) is 2.49. The highest BCUT2D eigenvalue weighted by Gasteiger charge is 2.16. The molecule has 114 valence electrons. The van der Waals surface area contributed by atoms with E-state index in [-0.39, 0.29) is 12.4 Å². The second kappa shape index (κ2) is 8.79. The Morgan fingerprint density at radius 3 is 2.24 bits per heavy atom.